The van der Waals surface area contributed by atoms with Crippen LogP contribution in [0.1, 0.15) is 18.1 Å². The molecule has 0 atom stereocenters. The predicted molar refractivity (Wildman–Crippen MR) is 64.7 cm³/mol. The lowest BCUT2D eigenvalue weighted by atomic mass is 10.0. The van der Waals surface area contributed by atoms with Crippen LogP contribution in [0.5, 0.6) is 0 Å². The highest BCUT2D eigenvalue weighted by Crippen LogP contribution is 2.22. The van der Waals surface area contributed by atoms with Crippen molar-refractivity contribution in [2.45, 2.75) is 12.3 Å². The Bertz CT molecular complexity index is 383. The standard InChI is InChI=1S/C12H13BrO2/c1-3-10(12(14)15-2)11-7-5-4-6-9(11)8-13/h3-7H,8H2,1-2H3/b10-3-. The maximum absolute atomic E-state index is 11.5. The van der Waals surface area contributed by atoms with Crippen molar-refractivity contribution in [3.63, 3.8) is 0 Å². The number of hydrogen-bond donors (Lipinski definition) is 0. The van der Waals surface area contributed by atoms with E-state index < -0.39 is 0 Å². The van der Waals surface area contributed by atoms with E-state index >= 15 is 0 Å². The third-order valence-corrected chi connectivity index (χ3v) is 2.75. The molecule has 0 fully saturated rings. The summed E-state index contributed by atoms with van der Waals surface area (Å²) in [5.41, 5.74) is 2.60. The van der Waals surface area contributed by atoms with Crippen LogP contribution in [0.2, 0.25) is 0 Å². The quantitative estimate of drug-likeness (QED) is 0.478. The van der Waals surface area contributed by atoms with Gasteiger partial charge in [0.2, 0.25) is 0 Å². The Morgan fingerprint density at radius 3 is 2.67 bits per heavy atom. The zero-order valence-corrected chi connectivity index (χ0v) is 10.4. The molecular weight excluding hydrogens is 256 g/mol. The smallest absolute Gasteiger partial charge is 0.338 e. The molecule has 15 heavy (non-hydrogen) atoms. The molecule has 0 N–H and O–H groups in total. The molecule has 3 heteroatoms. The van der Waals surface area contributed by atoms with Crippen molar-refractivity contribution in [1.82, 2.24) is 0 Å². The van der Waals surface area contributed by atoms with E-state index in [0.29, 0.717) is 5.57 Å². The Morgan fingerprint density at radius 1 is 1.47 bits per heavy atom. The molecule has 0 heterocycles. The van der Waals surface area contributed by atoms with Crippen molar-refractivity contribution in [2.24, 2.45) is 0 Å². The molecule has 0 spiro atoms. The highest BCUT2D eigenvalue weighted by molar-refractivity contribution is 9.08. The minimum absolute atomic E-state index is 0.300. The number of hydrogen-bond acceptors (Lipinski definition) is 2. The van der Waals surface area contributed by atoms with E-state index in [0.717, 1.165) is 16.5 Å². The predicted octanol–water partition coefficient (Wildman–Crippen LogP) is 3.16. The van der Waals surface area contributed by atoms with Gasteiger partial charge in [0.1, 0.15) is 0 Å². The summed E-state index contributed by atoms with van der Waals surface area (Å²) in [4.78, 5) is 11.5. The van der Waals surface area contributed by atoms with Crippen molar-refractivity contribution >= 4 is 27.5 Å². The van der Waals surface area contributed by atoms with E-state index in [9.17, 15) is 4.79 Å². The van der Waals surface area contributed by atoms with Gasteiger partial charge in [0.05, 0.1) is 12.7 Å². The average molecular weight is 269 g/mol. The minimum Gasteiger partial charge on any atom is -0.465 e. The molecule has 0 aliphatic heterocycles. The van der Waals surface area contributed by atoms with Crippen LogP contribution in [0.25, 0.3) is 5.57 Å². The van der Waals surface area contributed by atoms with Gasteiger partial charge in [0.15, 0.2) is 0 Å². The van der Waals surface area contributed by atoms with Crippen LogP contribution in [0.15, 0.2) is 30.3 Å². The molecule has 0 unspecified atom stereocenters. The second-order valence-corrected chi connectivity index (χ2v) is 3.55. The summed E-state index contributed by atoms with van der Waals surface area (Å²) < 4.78 is 4.73. The average Bonchev–Trinajstić information content (AvgIpc) is 2.30. The zero-order chi connectivity index (χ0) is 11.3. The summed E-state index contributed by atoms with van der Waals surface area (Å²) in [6.45, 7) is 1.83. The minimum atomic E-state index is -0.300. The Balaban J connectivity index is 3.18. The number of carbonyl (C=O) groups excluding carboxylic acids is 1. The number of halogens is 1. The van der Waals surface area contributed by atoms with Crippen molar-refractivity contribution in [1.29, 1.82) is 0 Å². The van der Waals surface area contributed by atoms with Crippen molar-refractivity contribution in [3.05, 3.63) is 41.5 Å². The van der Waals surface area contributed by atoms with E-state index in [1.165, 1.54) is 7.11 Å². The molecule has 80 valence electrons. The third-order valence-electron chi connectivity index (χ3n) is 2.15. The van der Waals surface area contributed by atoms with Gasteiger partial charge in [0.25, 0.3) is 0 Å². The van der Waals surface area contributed by atoms with Crippen LogP contribution >= 0.6 is 15.9 Å². The maximum Gasteiger partial charge on any atom is 0.338 e. The first-order valence-electron chi connectivity index (χ1n) is 4.63. The van der Waals surface area contributed by atoms with Crippen molar-refractivity contribution < 1.29 is 9.53 Å². The highest BCUT2D eigenvalue weighted by Gasteiger charge is 2.13. The van der Waals surface area contributed by atoms with Gasteiger partial charge in [-0.1, -0.05) is 46.3 Å². The number of carbonyl (C=O) groups is 1. The maximum atomic E-state index is 11.5. The number of ether oxygens (including phenoxy) is 1. The lowest BCUT2D eigenvalue weighted by molar-refractivity contribution is -0.133. The van der Waals surface area contributed by atoms with Crippen LogP contribution in [0.4, 0.5) is 0 Å². The third kappa shape index (κ3) is 2.69. The van der Waals surface area contributed by atoms with E-state index in [2.05, 4.69) is 15.9 Å². The van der Waals surface area contributed by atoms with Crippen molar-refractivity contribution in [3.8, 4) is 0 Å². The molecule has 1 aromatic carbocycles. The lowest BCUT2D eigenvalue weighted by Crippen LogP contribution is -2.05. The lowest BCUT2D eigenvalue weighted by Gasteiger charge is -2.09. The molecule has 0 saturated heterocycles. The normalized spacial score (nSPS) is 11.3. The van der Waals surface area contributed by atoms with Gasteiger partial charge in [-0.05, 0) is 18.1 Å². The highest BCUT2D eigenvalue weighted by atomic mass is 79.9. The monoisotopic (exact) mass is 268 g/mol. The first-order chi connectivity index (χ1) is 7.24. The van der Waals surface area contributed by atoms with E-state index in [1.807, 2.05) is 31.2 Å². The van der Waals surface area contributed by atoms with E-state index in [1.54, 1.807) is 6.08 Å². The Hall–Kier alpha value is -1.09. The summed E-state index contributed by atoms with van der Waals surface area (Å²) in [6, 6.07) is 7.76. The van der Waals surface area contributed by atoms with E-state index in [-0.39, 0.29) is 5.97 Å². The second kappa shape index (κ2) is 5.71. The number of benzene rings is 1. The Kier molecular flexibility index (Phi) is 4.56. The largest absolute Gasteiger partial charge is 0.465 e. The van der Waals surface area contributed by atoms with Gasteiger partial charge in [-0.25, -0.2) is 4.79 Å². The van der Waals surface area contributed by atoms with Gasteiger partial charge < -0.3 is 4.74 Å². The van der Waals surface area contributed by atoms with Crippen LogP contribution in [0, 0.1) is 0 Å². The Labute approximate surface area is 98.1 Å². The molecule has 0 saturated carbocycles. The fourth-order valence-electron chi connectivity index (χ4n) is 1.39. The van der Waals surface area contributed by atoms with Gasteiger partial charge >= 0.3 is 5.97 Å². The van der Waals surface area contributed by atoms with Crippen LogP contribution in [-0.4, -0.2) is 13.1 Å². The molecule has 0 amide bonds. The molecule has 0 aromatic heterocycles. The molecule has 1 aromatic rings. The first kappa shape index (κ1) is 12.0. The summed E-state index contributed by atoms with van der Waals surface area (Å²) in [6.07, 6.45) is 1.77. The molecule has 1 rings (SSSR count). The molecule has 0 radical (unpaired) electrons. The molecule has 0 bridgehead atoms. The summed E-state index contributed by atoms with van der Waals surface area (Å²) in [5, 5.41) is 0.720. The molecule has 0 aliphatic rings. The van der Waals surface area contributed by atoms with Gasteiger partial charge in [-0.3, -0.25) is 0 Å². The topological polar surface area (TPSA) is 26.3 Å². The summed E-state index contributed by atoms with van der Waals surface area (Å²) >= 11 is 3.40. The fourth-order valence-corrected chi connectivity index (χ4v) is 1.88. The number of esters is 1. The Morgan fingerprint density at radius 2 is 2.13 bits per heavy atom. The van der Waals surface area contributed by atoms with Gasteiger partial charge in [-0.2, -0.15) is 0 Å². The molecular formula is C12H13BrO2. The van der Waals surface area contributed by atoms with Crippen molar-refractivity contribution in [2.75, 3.05) is 7.11 Å². The first-order valence-corrected chi connectivity index (χ1v) is 5.75. The molecule has 2 nitrogen and oxygen atoms in total. The van der Waals surface area contributed by atoms with Gasteiger partial charge in [0, 0.05) is 5.33 Å². The van der Waals surface area contributed by atoms with Gasteiger partial charge in [-0.15, -0.1) is 0 Å². The fraction of sp³-hybridized carbons (Fsp3) is 0.250. The van der Waals surface area contributed by atoms with E-state index in [4.69, 9.17) is 4.74 Å². The van der Waals surface area contributed by atoms with Crippen LogP contribution < -0.4 is 0 Å². The second-order valence-electron chi connectivity index (χ2n) is 2.98. The number of allylic oxidation sites excluding steroid dienone is 1. The van der Waals surface area contributed by atoms with Crippen LogP contribution in [-0.2, 0) is 14.9 Å². The number of rotatable bonds is 3. The number of methoxy groups -OCH3 is 1. The summed E-state index contributed by atoms with van der Waals surface area (Å²) in [5.74, 6) is -0.300. The SMILES string of the molecule is C/C=C(\C(=O)OC)c1ccccc1CBr. The summed E-state index contributed by atoms with van der Waals surface area (Å²) in [7, 11) is 1.39. The van der Waals surface area contributed by atoms with Crippen LogP contribution in [0.3, 0.4) is 0 Å². The number of alkyl halides is 1. The zero-order valence-electron chi connectivity index (χ0n) is 8.79. The molecule has 0 aliphatic carbocycles.